The van der Waals surface area contributed by atoms with E-state index in [2.05, 4.69) is 44.5 Å². The quantitative estimate of drug-likeness (QED) is 0.717. The Morgan fingerprint density at radius 3 is 2.47 bits per heavy atom. The fourth-order valence-electron chi connectivity index (χ4n) is 2.21. The maximum Gasteiger partial charge on any atom is 0.0307 e. The largest absolute Gasteiger partial charge is 0.308 e. The molecule has 0 aromatic carbocycles. The fourth-order valence-corrected chi connectivity index (χ4v) is 2.21. The van der Waals surface area contributed by atoms with Crippen molar-refractivity contribution in [3.63, 3.8) is 0 Å². The lowest BCUT2D eigenvalue weighted by Gasteiger charge is -2.51. The summed E-state index contributed by atoms with van der Waals surface area (Å²) in [6.07, 6.45) is 4.39. The Morgan fingerprint density at radius 2 is 2.00 bits per heavy atom. The Morgan fingerprint density at radius 1 is 1.33 bits per heavy atom. The van der Waals surface area contributed by atoms with Crippen molar-refractivity contribution in [2.24, 2.45) is 0 Å². The van der Waals surface area contributed by atoms with Crippen molar-refractivity contribution in [1.82, 2.24) is 10.2 Å². The zero-order valence-electron chi connectivity index (χ0n) is 10.8. The average molecular weight is 210 g/mol. The third-order valence-corrected chi connectivity index (χ3v) is 4.09. The van der Waals surface area contributed by atoms with Gasteiger partial charge in [0.25, 0.3) is 0 Å². The summed E-state index contributed by atoms with van der Waals surface area (Å²) in [4.78, 5) is 2.57. The molecule has 2 heteroatoms. The molecule has 1 fully saturated rings. The van der Waals surface area contributed by atoms with E-state index < -0.39 is 0 Å². The minimum atomic E-state index is 0.275. The summed E-state index contributed by atoms with van der Waals surface area (Å²) in [7, 11) is 0. The van der Waals surface area contributed by atoms with E-state index in [9.17, 15) is 0 Å². The topological polar surface area (TPSA) is 15.3 Å². The number of hydrogen-bond donors (Lipinski definition) is 1. The minimum Gasteiger partial charge on any atom is -0.308 e. The van der Waals surface area contributed by atoms with Crippen LogP contribution in [-0.4, -0.2) is 35.6 Å². The first-order valence-corrected chi connectivity index (χ1v) is 6.10. The number of hydrogen-bond acceptors (Lipinski definition) is 2. The van der Waals surface area contributed by atoms with Crippen molar-refractivity contribution in [2.45, 2.75) is 51.6 Å². The lowest BCUT2D eigenvalue weighted by Crippen LogP contribution is -2.67. The molecule has 2 atom stereocenters. The van der Waals surface area contributed by atoms with Crippen LogP contribution < -0.4 is 5.32 Å². The highest BCUT2D eigenvalue weighted by atomic mass is 15.3. The standard InChI is InChI=1S/C13H26N2/c1-6-9-15-11-12(4,7-2)14-10-13(15,5)8-3/h6,14H,1,7-11H2,2-5H3. The Kier molecular flexibility index (Phi) is 3.96. The smallest absolute Gasteiger partial charge is 0.0307 e. The molecule has 1 aliphatic rings. The average Bonchev–Trinajstić information content (AvgIpc) is 2.24. The van der Waals surface area contributed by atoms with Crippen LogP contribution in [0.5, 0.6) is 0 Å². The second kappa shape index (κ2) is 4.67. The van der Waals surface area contributed by atoms with Gasteiger partial charge in [-0.3, -0.25) is 4.90 Å². The van der Waals surface area contributed by atoms with Crippen LogP contribution in [0.4, 0.5) is 0 Å². The second-order valence-electron chi connectivity index (χ2n) is 5.29. The van der Waals surface area contributed by atoms with Gasteiger partial charge in [-0.15, -0.1) is 6.58 Å². The van der Waals surface area contributed by atoms with Gasteiger partial charge in [0, 0.05) is 30.7 Å². The molecule has 0 amide bonds. The van der Waals surface area contributed by atoms with Gasteiger partial charge in [-0.05, 0) is 26.7 Å². The molecule has 0 saturated carbocycles. The normalized spacial score (nSPS) is 37.9. The number of nitrogens with one attached hydrogen (secondary N) is 1. The predicted octanol–water partition coefficient (Wildman–Crippen LogP) is 2.42. The summed E-state index contributed by atoms with van der Waals surface area (Å²) in [5, 5.41) is 3.70. The second-order valence-corrected chi connectivity index (χ2v) is 5.29. The van der Waals surface area contributed by atoms with Gasteiger partial charge in [0.2, 0.25) is 0 Å². The van der Waals surface area contributed by atoms with Gasteiger partial charge in [0.05, 0.1) is 0 Å². The van der Waals surface area contributed by atoms with Crippen LogP contribution >= 0.6 is 0 Å². The van der Waals surface area contributed by atoms with Crippen LogP contribution in [0, 0.1) is 0 Å². The van der Waals surface area contributed by atoms with Crippen molar-refractivity contribution in [3.05, 3.63) is 12.7 Å². The molecule has 88 valence electrons. The molecule has 0 bridgehead atoms. The van der Waals surface area contributed by atoms with E-state index in [0.29, 0.717) is 5.54 Å². The maximum absolute atomic E-state index is 3.87. The molecule has 1 heterocycles. The molecular formula is C13H26N2. The summed E-state index contributed by atoms with van der Waals surface area (Å²) >= 11 is 0. The molecular weight excluding hydrogens is 184 g/mol. The van der Waals surface area contributed by atoms with Gasteiger partial charge < -0.3 is 5.32 Å². The number of rotatable bonds is 4. The van der Waals surface area contributed by atoms with Crippen LogP contribution in [0.1, 0.15) is 40.5 Å². The highest BCUT2D eigenvalue weighted by Gasteiger charge is 2.40. The first-order chi connectivity index (χ1) is 6.99. The third kappa shape index (κ3) is 2.61. The zero-order chi connectivity index (χ0) is 11.5. The highest BCUT2D eigenvalue weighted by Crippen LogP contribution is 2.27. The summed E-state index contributed by atoms with van der Waals surface area (Å²) in [5.74, 6) is 0. The van der Waals surface area contributed by atoms with Gasteiger partial charge in [-0.2, -0.15) is 0 Å². The highest BCUT2D eigenvalue weighted by molar-refractivity contribution is 5.02. The van der Waals surface area contributed by atoms with Gasteiger partial charge in [0.15, 0.2) is 0 Å². The summed E-state index contributed by atoms with van der Waals surface area (Å²) < 4.78 is 0. The number of piperazine rings is 1. The lowest BCUT2D eigenvalue weighted by atomic mass is 9.86. The molecule has 1 N–H and O–H groups in total. The first kappa shape index (κ1) is 12.7. The molecule has 0 radical (unpaired) electrons. The van der Waals surface area contributed by atoms with Gasteiger partial charge in [-0.1, -0.05) is 19.9 Å². The van der Waals surface area contributed by atoms with Crippen LogP contribution in [0.2, 0.25) is 0 Å². The predicted molar refractivity (Wildman–Crippen MR) is 67.2 cm³/mol. The third-order valence-electron chi connectivity index (χ3n) is 4.09. The Labute approximate surface area is 94.7 Å². The monoisotopic (exact) mass is 210 g/mol. The van der Waals surface area contributed by atoms with E-state index >= 15 is 0 Å². The molecule has 15 heavy (non-hydrogen) atoms. The summed E-state index contributed by atoms with van der Waals surface area (Å²) in [6.45, 7) is 16.3. The lowest BCUT2D eigenvalue weighted by molar-refractivity contribution is 0.0268. The van der Waals surface area contributed by atoms with Crippen LogP contribution in [0.15, 0.2) is 12.7 Å². The van der Waals surface area contributed by atoms with Crippen molar-refractivity contribution in [3.8, 4) is 0 Å². The summed E-state index contributed by atoms with van der Waals surface area (Å²) in [6, 6.07) is 0. The molecule has 1 rings (SSSR count). The van der Waals surface area contributed by atoms with E-state index in [1.54, 1.807) is 0 Å². The Balaban J connectivity index is 2.77. The van der Waals surface area contributed by atoms with Gasteiger partial charge >= 0.3 is 0 Å². The molecule has 0 spiro atoms. The van der Waals surface area contributed by atoms with Crippen molar-refractivity contribution >= 4 is 0 Å². The molecule has 2 unspecified atom stereocenters. The van der Waals surface area contributed by atoms with Crippen molar-refractivity contribution in [2.75, 3.05) is 19.6 Å². The van der Waals surface area contributed by atoms with Crippen LogP contribution in [-0.2, 0) is 0 Å². The van der Waals surface area contributed by atoms with Gasteiger partial charge in [-0.25, -0.2) is 0 Å². The molecule has 1 saturated heterocycles. The Bertz CT molecular complexity index is 227. The molecule has 0 aliphatic carbocycles. The van der Waals surface area contributed by atoms with Crippen molar-refractivity contribution < 1.29 is 0 Å². The number of nitrogens with zero attached hydrogens (tertiary/aromatic N) is 1. The molecule has 0 aromatic heterocycles. The summed E-state index contributed by atoms with van der Waals surface area (Å²) in [5.41, 5.74) is 0.570. The van der Waals surface area contributed by atoms with Crippen LogP contribution in [0.25, 0.3) is 0 Å². The molecule has 2 nitrogen and oxygen atoms in total. The van der Waals surface area contributed by atoms with E-state index in [4.69, 9.17) is 0 Å². The maximum atomic E-state index is 3.87. The van der Waals surface area contributed by atoms with E-state index in [0.717, 1.165) is 19.6 Å². The minimum absolute atomic E-state index is 0.275. The Hall–Kier alpha value is -0.340. The first-order valence-electron chi connectivity index (χ1n) is 6.10. The molecule has 1 aliphatic heterocycles. The van der Waals surface area contributed by atoms with Crippen LogP contribution in [0.3, 0.4) is 0 Å². The fraction of sp³-hybridized carbons (Fsp3) is 0.846. The van der Waals surface area contributed by atoms with E-state index in [1.807, 2.05) is 6.08 Å². The molecule has 0 aromatic rings. The van der Waals surface area contributed by atoms with Crippen molar-refractivity contribution in [1.29, 1.82) is 0 Å². The van der Waals surface area contributed by atoms with E-state index in [1.165, 1.54) is 12.8 Å². The zero-order valence-corrected chi connectivity index (χ0v) is 10.8. The SMILES string of the molecule is C=CCN1CC(C)(CC)NCC1(C)CC. The van der Waals surface area contributed by atoms with E-state index in [-0.39, 0.29) is 5.54 Å². The van der Waals surface area contributed by atoms with Gasteiger partial charge in [0.1, 0.15) is 0 Å².